The minimum Gasteiger partial charge on any atom is -0.399 e. The Morgan fingerprint density at radius 1 is 1.35 bits per heavy atom. The van der Waals surface area contributed by atoms with Gasteiger partial charge in [-0.3, -0.25) is 4.79 Å². The Morgan fingerprint density at radius 2 is 2.00 bits per heavy atom. The number of para-hydroxylation sites is 1. The number of methoxy groups -OCH3 is 1. The quantitative estimate of drug-likeness (QED) is 0.785. The molecule has 4 nitrogen and oxygen atoms in total. The van der Waals surface area contributed by atoms with Crippen molar-refractivity contribution in [1.82, 2.24) is 5.32 Å². The van der Waals surface area contributed by atoms with Crippen LogP contribution in [0, 0.1) is 5.41 Å². The van der Waals surface area contributed by atoms with Gasteiger partial charge in [0.2, 0.25) is 5.91 Å². The van der Waals surface area contributed by atoms with Gasteiger partial charge >= 0.3 is 0 Å². The third kappa shape index (κ3) is 5.21. The van der Waals surface area contributed by atoms with Gasteiger partial charge in [0.25, 0.3) is 0 Å². The van der Waals surface area contributed by atoms with Crippen molar-refractivity contribution >= 4 is 11.6 Å². The molecule has 0 aliphatic carbocycles. The molecule has 1 aromatic carbocycles. The SMILES string of the molecule is COC(CNC(=O)CCc1ccccc1N)C(C)(C)C. The fourth-order valence-corrected chi connectivity index (χ4v) is 2.05. The number of carbonyl (C=O) groups is 1. The van der Waals surface area contributed by atoms with Gasteiger partial charge in [-0.25, -0.2) is 0 Å². The molecule has 112 valence electrons. The molecule has 0 saturated heterocycles. The molecule has 0 heterocycles. The molecule has 0 fully saturated rings. The van der Waals surface area contributed by atoms with Gasteiger partial charge in [0.05, 0.1) is 6.10 Å². The van der Waals surface area contributed by atoms with E-state index in [9.17, 15) is 4.79 Å². The van der Waals surface area contributed by atoms with Crippen LogP contribution in [0.3, 0.4) is 0 Å². The molecule has 0 bridgehead atoms. The van der Waals surface area contributed by atoms with E-state index in [0.717, 1.165) is 11.3 Å². The maximum absolute atomic E-state index is 11.9. The average Bonchev–Trinajstić information content (AvgIpc) is 2.37. The van der Waals surface area contributed by atoms with Crippen LogP contribution in [0.15, 0.2) is 24.3 Å². The summed E-state index contributed by atoms with van der Waals surface area (Å²) in [4.78, 5) is 11.9. The highest BCUT2D eigenvalue weighted by molar-refractivity contribution is 5.76. The normalized spacial score (nSPS) is 13.0. The molecule has 3 N–H and O–H groups in total. The molecule has 20 heavy (non-hydrogen) atoms. The Hall–Kier alpha value is -1.55. The van der Waals surface area contributed by atoms with Crippen LogP contribution in [-0.4, -0.2) is 25.7 Å². The predicted molar refractivity (Wildman–Crippen MR) is 82.4 cm³/mol. The third-order valence-electron chi connectivity index (χ3n) is 3.41. The van der Waals surface area contributed by atoms with E-state index in [0.29, 0.717) is 19.4 Å². The number of rotatable bonds is 6. The summed E-state index contributed by atoms with van der Waals surface area (Å²) in [5.74, 6) is 0.0274. The van der Waals surface area contributed by atoms with Gasteiger partial charge in [-0.15, -0.1) is 0 Å². The fourth-order valence-electron chi connectivity index (χ4n) is 2.05. The molecular weight excluding hydrogens is 252 g/mol. The molecular formula is C16H26N2O2. The lowest BCUT2D eigenvalue weighted by Gasteiger charge is -2.29. The van der Waals surface area contributed by atoms with Crippen LogP contribution < -0.4 is 11.1 Å². The second kappa shape index (κ2) is 7.29. The van der Waals surface area contributed by atoms with E-state index in [1.165, 1.54) is 0 Å². The van der Waals surface area contributed by atoms with Gasteiger partial charge in [-0.2, -0.15) is 0 Å². The minimum atomic E-state index is 0.00584. The zero-order valence-electron chi connectivity index (χ0n) is 12.9. The number of nitrogen functional groups attached to an aromatic ring is 1. The molecule has 0 aliphatic heterocycles. The number of ether oxygens (including phenoxy) is 1. The third-order valence-corrected chi connectivity index (χ3v) is 3.41. The largest absolute Gasteiger partial charge is 0.399 e. The highest BCUT2D eigenvalue weighted by atomic mass is 16.5. The first-order valence-electron chi connectivity index (χ1n) is 6.97. The van der Waals surface area contributed by atoms with E-state index >= 15 is 0 Å². The van der Waals surface area contributed by atoms with Crippen molar-refractivity contribution in [2.45, 2.75) is 39.7 Å². The Morgan fingerprint density at radius 3 is 2.55 bits per heavy atom. The lowest BCUT2D eigenvalue weighted by Crippen LogP contribution is -2.40. The van der Waals surface area contributed by atoms with Crippen LogP contribution in [0.25, 0.3) is 0 Å². The fraction of sp³-hybridized carbons (Fsp3) is 0.562. The summed E-state index contributed by atoms with van der Waals surface area (Å²) in [5, 5.41) is 2.93. The van der Waals surface area contributed by atoms with Gasteiger partial charge in [0.15, 0.2) is 0 Å². The summed E-state index contributed by atoms with van der Waals surface area (Å²) in [6.45, 7) is 6.82. The number of carbonyl (C=O) groups excluding carboxylic acids is 1. The summed E-state index contributed by atoms with van der Waals surface area (Å²) in [6, 6.07) is 7.64. The molecule has 0 radical (unpaired) electrons. The van der Waals surface area contributed by atoms with Crippen molar-refractivity contribution in [2.75, 3.05) is 19.4 Å². The van der Waals surface area contributed by atoms with Crippen molar-refractivity contribution in [3.05, 3.63) is 29.8 Å². The van der Waals surface area contributed by atoms with Gasteiger partial charge < -0.3 is 15.8 Å². The van der Waals surface area contributed by atoms with Crippen molar-refractivity contribution in [3.63, 3.8) is 0 Å². The van der Waals surface area contributed by atoms with E-state index in [1.54, 1.807) is 7.11 Å². The monoisotopic (exact) mass is 278 g/mol. The number of hydrogen-bond donors (Lipinski definition) is 2. The van der Waals surface area contributed by atoms with Crippen molar-refractivity contribution < 1.29 is 9.53 Å². The second-order valence-electron chi connectivity index (χ2n) is 6.09. The Labute approximate surface area is 121 Å². The van der Waals surface area contributed by atoms with Gasteiger partial charge in [-0.1, -0.05) is 39.0 Å². The van der Waals surface area contributed by atoms with Crippen LogP contribution in [0.5, 0.6) is 0 Å². The molecule has 0 aliphatic rings. The number of amides is 1. The first-order chi connectivity index (χ1) is 9.34. The Balaban J connectivity index is 2.39. The van der Waals surface area contributed by atoms with Gasteiger partial charge in [-0.05, 0) is 23.5 Å². The number of benzene rings is 1. The maximum Gasteiger partial charge on any atom is 0.220 e. The molecule has 4 heteroatoms. The molecule has 0 aromatic heterocycles. The number of nitrogens with one attached hydrogen (secondary N) is 1. The Bertz CT molecular complexity index is 438. The summed E-state index contributed by atoms with van der Waals surface area (Å²) in [5.41, 5.74) is 7.62. The van der Waals surface area contributed by atoms with Crippen LogP contribution >= 0.6 is 0 Å². The lowest BCUT2D eigenvalue weighted by molar-refractivity contribution is -0.122. The van der Waals surface area contributed by atoms with E-state index in [-0.39, 0.29) is 17.4 Å². The lowest BCUT2D eigenvalue weighted by atomic mass is 9.89. The molecule has 1 aromatic rings. The second-order valence-corrected chi connectivity index (χ2v) is 6.09. The van der Waals surface area contributed by atoms with Crippen molar-refractivity contribution in [1.29, 1.82) is 0 Å². The molecule has 1 atom stereocenters. The topological polar surface area (TPSA) is 64.3 Å². The van der Waals surface area contributed by atoms with E-state index in [2.05, 4.69) is 26.1 Å². The average molecular weight is 278 g/mol. The first-order valence-corrected chi connectivity index (χ1v) is 6.97. The standard InChI is InChI=1S/C16H26N2O2/c1-16(2,3)14(20-4)11-18-15(19)10-9-12-7-5-6-8-13(12)17/h5-8,14H,9-11,17H2,1-4H3,(H,18,19). The van der Waals surface area contributed by atoms with E-state index in [1.807, 2.05) is 24.3 Å². The summed E-state index contributed by atoms with van der Waals surface area (Å²) in [7, 11) is 1.67. The molecule has 0 saturated carbocycles. The molecule has 1 unspecified atom stereocenters. The zero-order valence-corrected chi connectivity index (χ0v) is 12.9. The smallest absolute Gasteiger partial charge is 0.220 e. The molecule has 0 spiro atoms. The zero-order chi connectivity index (χ0) is 15.2. The number of aryl methyl sites for hydroxylation is 1. The minimum absolute atomic E-state index is 0.00584. The number of anilines is 1. The van der Waals surface area contributed by atoms with Gasteiger partial charge in [0, 0.05) is 25.8 Å². The van der Waals surface area contributed by atoms with Crippen LogP contribution in [0.4, 0.5) is 5.69 Å². The van der Waals surface area contributed by atoms with Crippen LogP contribution in [-0.2, 0) is 16.0 Å². The first kappa shape index (κ1) is 16.5. The van der Waals surface area contributed by atoms with Crippen LogP contribution in [0.1, 0.15) is 32.8 Å². The maximum atomic E-state index is 11.9. The molecule has 1 amide bonds. The van der Waals surface area contributed by atoms with Gasteiger partial charge in [0.1, 0.15) is 0 Å². The summed E-state index contributed by atoms with van der Waals surface area (Å²) in [6.07, 6.45) is 1.11. The number of nitrogens with two attached hydrogens (primary N) is 1. The number of hydrogen-bond acceptors (Lipinski definition) is 3. The summed E-state index contributed by atoms with van der Waals surface area (Å²) >= 11 is 0. The highest BCUT2D eigenvalue weighted by Crippen LogP contribution is 2.21. The predicted octanol–water partition coefficient (Wildman–Crippen LogP) is 2.38. The van der Waals surface area contributed by atoms with Crippen molar-refractivity contribution in [3.8, 4) is 0 Å². The Kier molecular flexibility index (Phi) is 6.02. The molecule has 1 rings (SSSR count). The highest BCUT2D eigenvalue weighted by Gasteiger charge is 2.24. The van der Waals surface area contributed by atoms with Crippen LogP contribution in [0.2, 0.25) is 0 Å². The van der Waals surface area contributed by atoms with Crippen molar-refractivity contribution in [2.24, 2.45) is 5.41 Å². The summed E-state index contributed by atoms with van der Waals surface area (Å²) < 4.78 is 5.41. The van der Waals surface area contributed by atoms with E-state index in [4.69, 9.17) is 10.5 Å². The van der Waals surface area contributed by atoms with E-state index < -0.39 is 0 Å².